The minimum absolute atomic E-state index is 0.302. The van der Waals surface area contributed by atoms with Gasteiger partial charge in [0, 0.05) is 5.92 Å². The summed E-state index contributed by atoms with van der Waals surface area (Å²) >= 11 is 0. The van der Waals surface area contributed by atoms with E-state index in [2.05, 4.69) is 20.8 Å². The number of rotatable bonds is 3. The zero-order valence-corrected chi connectivity index (χ0v) is 9.62. The molecule has 14 heavy (non-hydrogen) atoms. The molecule has 0 amide bonds. The van der Waals surface area contributed by atoms with Crippen molar-refractivity contribution in [3.05, 3.63) is 12.2 Å². The topological polar surface area (TPSA) is 17.1 Å². The van der Waals surface area contributed by atoms with Crippen molar-refractivity contribution >= 4 is 5.78 Å². The molecule has 0 bridgehead atoms. The van der Waals surface area contributed by atoms with Crippen molar-refractivity contribution in [3.63, 3.8) is 0 Å². The lowest BCUT2D eigenvalue weighted by molar-refractivity contribution is -0.120. The third-order valence-corrected chi connectivity index (χ3v) is 3.10. The molecule has 1 heteroatoms. The first-order chi connectivity index (χ1) is 6.63. The fourth-order valence-electron chi connectivity index (χ4n) is 2.55. The molecule has 2 unspecified atom stereocenters. The molecule has 1 nitrogen and oxygen atoms in total. The van der Waals surface area contributed by atoms with E-state index in [4.69, 9.17) is 0 Å². The van der Waals surface area contributed by atoms with Gasteiger partial charge < -0.3 is 0 Å². The SMILES string of the molecule is CC/C=C/C(=O)C1CC(C)CC(C)C1. The predicted molar refractivity (Wildman–Crippen MR) is 60.1 cm³/mol. The van der Waals surface area contributed by atoms with Crippen molar-refractivity contribution in [2.45, 2.75) is 46.5 Å². The summed E-state index contributed by atoms with van der Waals surface area (Å²) < 4.78 is 0. The Bertz CT molecular complexity index is 207. The van der Waals surface area contributed by atoms with Gasteiger partial charge in [0.05, 0.1) is 0 Å². The summed E-state index contributed by atoms with van der Waals surface area (Å²) in [4.78, 5) is 11.8. The molecule has 0 heterocycles. The van der Waals surface area contributed by atoms with Crippen molar-refractivity contribution in [1.29, 1.82) is 0 Å². The molecule has 1 fully saturated rings. The third-order valence-electron chi connectivity index (χ3n) is 3.10. The molecule has 2 atom stereocenters. The Morgan fingerprint density at radius 3 is 2.29 bits per heavy atom. The van der Waals surface area contributed by atoms with Crippen molar-refractivity contribution in [2.24, 2.45) is 17.8 Å². The van der Waals surface area contributed by atoms with Gasteiger partial charge in [0.25, 0.3) is 0 Å². The first kappa shape index (κ1) is 11.5. The number of allylic oxidation sites excluding steroid dienone is 2. The quantitative estimate of drug-likeness (QED) is 0.627. The fraction of sp³-hybridized carbons (Fsp3) is 0.769. The lowest BCUT2D eigenvalue weighted by Crippen LogP contribution is -2.24. The van der Waals surface area contributed by atoms with Crippen LogP contribution in [0.3, 0.4) is 0 Å². The Labute approximate surface area is 87.6 Å². The number of hydrogen-bond acceptors (Lipinski definition) is 1. The lowest BCUT2D eigenvalue weighted by Gasteiger charge is -2.29. The van der Waals surface area contributed by atoms with Gasteiger partial charge in [-0.2, -0.15) is 0 Å². The van der Waals surface area contributed by atoms with Crippen molar-refractivity contribution in [2.75, 3.05) is 0 Å². The van der Waals surface area contributed by atoms with Crippen LogP contribution in [-0.4, -0.2) is 5.78 Å². The molecule has 0 aliphatic heterocycles. The Hall–Kier alpha value is -0.590. The normalized spacial score (nSPS) is 33.5. The van der Waals surface area contributed by atoms with E-state index >= 15 is 0 Å². The maximum Gasteiger partial charge on any atom is 0.158 e. The molecule has 0 radical (unpaired) electrons. The van der Waals surface area contributed by atoms with E-state index < -0.39 is 0 Å². The highest BCUT2D eigenvalue weighted by atomic mass is 16.1. The second-order valence-corrected chi connectivity index (χ2v) is 4.83. The molecule has 80 valence electrons. The van der Waals surface area contributed by atoms with Crippen LogP contribution in [-0.2, 0) is 4.79 Å². The predicted octanol–water partition coefficient (Wildman–Crippen LogP) is 3.59. The minimum Gasteiger partial charge on any atom is -0.295 e. The minimum atomic E-state index is 0.302. The van der Waals surface area contributed by atoms with Crippen molar-refractivity contribution < 1.29 is 4.79 Å². The van der Waals surface area contributed by atoms with Gasteiger partial charge in [0.2, 0.25) is 0 Å². The van der Waals surface area contributed by atoms with E-state index in [1.165, 1.54) is 6.42 Å². The Kier molecular flexibility index (Phi) is 4.37. The Morgan fingerprint density at radius 1 is 1.21 bits per heavy atom. The first-order valence-corrected chi connectivity index (χ1v) is 5.83. The van der Waals surface area contributed by atoms with Crippen molar-refractivity contribution in [3.8, 4) is 0 Å². The van der Waals surface area contributed by atoms with E-state index in [0.29, 0.717) is 11.7 Å². The molecular weight excluding hydrogens is 172 g/mol. The van der Waals surface area contributed by atoms with Gasteiger partial charge in [-0.25, -0.2) is 0 Å². The van der Waals surface area contributed by atoms with Gasteiger partial charge in [-0.3, -0.25) is 4.79 Å². The maximum atomic E-state index is 11.8. The monoisotopic (exact) mass is 194 g/mol. The van der Waals surface area contributed by atoms with Crippen LogP contribution in [0.2, 0.25) is 0 Å². The molecule has 1 aliphatic carbocycles. The van der Waals surface area contributed by atoms with Gasteiger partial charge in [-0.1, -0.05) is 26.8 Å². The zero-order chi connectivity index (χ0) is 10.6. The number of carbonyl (C=O) groups excluding carboxylic acids is 1. The second kappa shape index (κ2) is 5.33. The van der Waals surface area contributed by atoms with E-state index in [9.17, 15) is 4.79 Å². The standard InChI is InChI=1S/C13H22O/c1-4-5-6-13(14)12-8-10(2)7-11(3)9-12/h5-6,10-12H,4,7-9H2,1-3H3/b6-5+. The highest BCUT2D eigenvalue weighted by Gasteiger charge is 2.27. The summed E-state index contributed by atoms with van der Waals surface area (Å²) in [6.07, 6.45) is 8.21. The number of hydrogen-bond donors (Lipinski definition) is 0. The highest BCUT2D eigenvalue weighted by molar-refractivity contribution is 5.91. The molecular formula is C13H22O. The highest BCUT2D eigenvalue weighted by Crippen LogP contribution is 2.33. The molecule has 1 saturated carbocycles. The van der Waals surface area contributed by atoms with Crippen LogP contribution in [0.1, 0.15) is 46.5 Å². The lowest BCUT2D eigenvalue weighted by atomic mass is 9.75. The number of ketones is 1. The second-order valence-electron chi connectivity index (χ2n) is 4.83. The smallest absolute Gasteiger partial charge is 0.158 e. The maximum absolute atomic E-state index is 11.8. The van der Waals surface area contributed by atoms with Crippen LogP contribution in [0.4, 0.5) is 0 Å². The van der Waals surface area contributed by atoms with Crippen LogP contribution >= 0.6 is 0 Å². The van der Waals surface area contributed by atoms with E-state index in [-0.39, 0.29) is 0 Å². The van der Waals surface area contributed by atoms with Crippen LogP contribution < -0.4 is 0 Å². The summed E-state index contributed by atoms with van der Waals surface area (Å²) in [5, 5.41) is 0. The van der Waals surface area contributed by atoms with Gasteiger partial charge >= 0.3 is 0 Å². The molecule has 0 spiro atoms. The zero-order valence-electron chi connectivity index (χ0n) is 9.62. The first-order valence-electron chi connectivity index (χ1n) is 5.83. The fourth-order valence-corrected chi connectivity index (χ4v) is 2.55. The average molecular weight is 194 g/mol. The number of carbonyl (C=O) groups is 1. The molecule has 0 aromatic carbocycles. The molecule has 0 aromatic rings. The Balaban J connectivity index is 2.50. The third kappa shape index (κ3) is 3.28. The van der Waals surface area contributed by atoms with E-state index in [0.717, 1.165) is 31.1 Å². The molecule has 0 N–H and O–H groups in total. The van der Waals surface area contributed by atoms with Gasteiger partial charge in [0.1, 0.15) is 0 Å². The summed E-state index contributed by atoms with van der Waals surface area (Å²) in [5.41, 5.74) is 0. The molecule has 1 aliphatic rings. The van der Waals surface area contributed by atoms with Gasteiger partial charge in [-0.15, -0.1) is 0 Å². The molecule has 0 aromatic heterocycles. The summed E-state index contributed by atoms with van der Waals surface area (Å²) in [5.74, 6) is 2.10. The summed E-state index contributed by atoms with van der Waals surface area (Å²) in [7, 11) is 0. The van der Waals surface area contributed by atoms with E-state index in [1.807, 2.05) is 6.08 Å². The molecule has 1 rings (SSSR count). The largest absolute Gasteiger partial charge is 0.295 e. The van der Waals surface area contributed by atoms with Crippen molar-refractivity contribution in [1.82, 2.24) is 0 Å². The van der Waals surface area contributed by atoms with Crippen LogP contribution in [0, 0.1) is 17.8 Å². The van der Waals surface area contributed by atoms with E-state index in [1.54, 1.807) is 6.08 Å². The van der Waals surface area contributed by atoms with Crippen LogP contribution in [0.25, 0.3) is 0 Å². The molecule has 0 saturated heterocycles. The van der Waals surface area contributed by atoms with Crippen LogP contribution in [0.5, 0.6) is 0 Å². The average Bonchev–Trinajstić information content (AvgIpc) is 2.12. The van der Waals surface area contributed by atoms with Gasteiger partial charge in [-0.05, 0) is 43.6 Å². The summed E-state index contributed by atoms with van der Waals surface area (Å²) in [6.45, 7) is 6.59. The van der Waals surface area contributed by atoms with Gasteiger partial charge in [0.15, 0.2) is 5.78 Å². The van der Waals surface area contributed by atoms with Crippen LogP contribution in [0.15, 0.2) is 12.2 Å². The summed E-state index contributed by atoms with van der Waals surface area (Å²) in [6, 6.07) is 0. The Morgan fingerprint density at radius 2 is 1.79 bits per heavy atom.